The summed E-state index contributed by atoms with van der Waals surface area (Å²) >= 11 is 5.58. The molecule has 0 aromatic carbocycles. The highest BCUT2D eigenvalue weighted by Gasteiger charge is 1.95. The van der Waals surface area contributed by atoms with Crippen LogP contribution in [0.15, 0.2) is 6.07 Å². The predicted molar refractivity (Wildman–Crippen MR) is 39.6 cm³/mol. The normalized spacial score (nSPS) is 9.50. The van der Waals surface area contributed by atoms with Crippen LogP contribution >= 0.6 is 11.6 Å². The van der Waals surface area contributed by atoms with Crippen LogP contribution in [0.5, 0.6) is 0 Å². The molecule has 0 radical (unpaired) electrons. The fourth-order valence-electron chi connectivity index (χ4n) is 0.605. The highest BCUT2D eigenvalue weighted by atomic mass is 35.5. The molecule has 0 bridgehead atoms. The van der Waals surface area contributed by atoms with E-state index in [9.17, 15) is 0 Å². The Morgan fingerprint density at radius 2 is 2.30 bits per heavy atom. The molecule has 1 aromatic heterocycles. The third kappa shape index (κ3) is 1.55. The monoisotopic (exact) mass is 158 g/mol. The zero-order chi connectivity index (χ0) is 7.56. The van der Waals surface area contributed by atoms with Crippen molar-refractivity contribution in [2.24, 2.45) is 5.84 Å². The fourth-order valence-corrected chi connectivity index (χ4v) is 0.831. The Kier molecular flexibility index (Phi) is 2.03. The predicted octanol–water partition coefficient (Wildman–Crippen LogP) is 0.724. The maximum Gasteiger partial charge on any atom is 0.145 e. The van der Waals surface area contributed by atoms with E-state index in [0.717, 1.165) is 0 Å². The largest absolute Gasteiger partial charge is 0.308 e. The van der Waals surface area contributed by atoms with Crippen molar-refractivity contribution in [3.63, 3.8) is 0 Å². The van der Waals surface area contributed by atoms with Crippen LogP contribution in [0.3, 0.4) is 0 Å². The van der Waals surface area contributed by atoms with E-state index in [2.05, 4.69) is 15.4 Å². The number of nitrogens with zero attached hydrogens (tertiary/aromatic N) is 2. The topological polar surface area (TPSA) is 63.8 Å². The van der Waals surface area contributed by atoms with Crippen molar-refractivity contribution >= 4 is 17.4 Å². The summed E-state index contributed by atoms with van der Waals surface area (Å²) in [6.07, 6.45) is 0. The van der Waals surface area contributed by atoms with Crippen molar-refractivity contribution in [2.75, 3.05) is 5.43 Å². The van der Waals surface area contributed by atoms with E-state index in [-0.39, 0.29) is 0 Å². The van der Waals surface area contributed by atoms with E-state index in [4.69, 9.17) is 17.4 Å². The first kappa shape index (κ1) is 7.24. The lowest BCUT2D eigenvalue weighted by Gasteiger charge is -1.98. The molecular formula is C5H7ClN4. The van der Waals surface area contributed by atoms with Crippen LogP contribution in [0.25, 0.3) is 0 Å². The first-order chi connectivity index (χ1) is 4.72. The molecule has 4 nitrogen and oxygen atoms in total. The van der Waals surface area contributed by atoms with Gasteiger partial charge in [-0.2, -0.15) is 0 Å². The van der Waals surface area contributed by atoms with Crippen LogP contribution in [0.1, 0.15) is 5.82 Å². The SMILES string of the molecule is Cc1nc(Cl)cc(NN)n1. The lowest BCUT2D eigenvalue weighted by molar-refractivity contribution is 1.04. The van der Waals surface area contributed by atoms with Gasteiger partial charge in [-0.3, -0.25) is 0 Å². The van der Waals surface area contributed by atoms with Gasteiger partial charge < -0.3 is 5.43 Å². The summed E-state index contributed by atoms with van der Waals surface area (Å²) in [6.45, 7) is 1.74. The Morgan fingerprint density at radius 1 is 1.60 bits per heavy atom. The number of aryl methyl sites for hydroxylation is 1. The van der Waals surface area contributed by atoms with Gasteiger partial charge in [0.25, 0.3) is 0 Å². The summed E-state index contributed by atoms with van der Waals surface area (Å²) in [4.78, 5) is 7.76. The van der Waals surface area contributed by atoms with E-state index < -0.39 is 0 Å². The summed E-state index contributed by atoms with van der Waals surface area (Å²) < 4.78 is 0. The van der Waals surface area contributed by atoms with Crippen LogP contribution < -0.4 is 11.3 Å². The zero-order valence-electron chi connectivity index (χ0n) is 5.43. The number of halogens is 1. The molecule has 0 atom stereocenters. The van der Waals surface area contributed by atoms with Gasteiger partial charge in [0.15, 0.2) is 0 Å². The molecule has 1 rings (SSSR count). The van der Waals surface area contributed by atoms with Gasteiger partial charge in [0.05, 0.1) is 0 Å². The second-order valence-electron chi connectivity index (χ2n) is 1.77. The first-order valence-electron chi connectivity index (χ1n) is 2.70. The Hall–Kier alpha value is -0.870. The molecule has 0 saturated carbocycles. The Labute approximate surface area is 63.4 Å². The van der Waals surface area contributed by atoms with Gasteiger partial charge in [0.2, 0.25) is 0 Å². The minimum atomic E-state index is 0.389. The van der Waals surface area contributed by atoms with Crippen LogP contribution in [-0.4, -0.2) is 9.97 Å². The molecule has 0 amide bonds. The Morgan fingerprint density at radius 3 is 2.80 bits per heavy atom. The van der Waals surface area contributed by atoms with Crippen LogP contribution in [-0.2, 0) is 0 Å². The van der Waals surface area contributed by atoms with E-state index in [1.165, 1.54) is 0 Å². The molecule has 5 heteroatoms. The number of nitrogen functional groups attached to an aromatic ring is 1. The number of nitrogens with one attached hydrogen (secondary N) is 1. The van der Waals surface area contributed by atoms with E-state index in [1.54, 1.807) is 13.0 Å². The molecule has 0 spiro atoms. The van der Waals surface area contributed by atoms with Gasteiger partial charge in [-0.25, -0.2) is 15.8 Å². The third-order valence-electron chi connectivity index (χ3n) is 0.955. The molecule has 0 aliphatic heterocycles. The summed E-state index contributed by atoms with van der Waals surface area (Å²) in [7, 11) is 0. The van der Waals surface area contributed by atoms with Crippen molar-refractivity contribution in [1.82, 2.24) is 9.97 Å². The minimum Gasteiger partial charge on any atom is -0.308 e. The van der Waals surface area contributed by atoms with E-state index in [0.29, 0.717) is 16.8 Å². The smallest absolute Gasteiger partial charge is 0.145 e. The summed E-state index contributed by atoms with van der Waals surface area (Å²) in [5, 5.41) is 0.389. The molecule has 1 aromatic rings. The van der Waals surface area contributed by atoms with Crippen molar-refractivity contribution in [2.45, 2.75) is 6.92 Å². The number of hydrogen-bond donors (Lipinski definition) is 2. The third-order valence-corrected chi connectivity index (χ3v) is 1.15. The number of nitrogens with two attached hydrogens (primary N) is 1. The highest BCUT2D eigenvalue weighted by Crippen LogP contribution is 2.08. The quantitative estimate of drug-likeness (QED) is 0.359. The maximum atomic E-state index is 5.58. The molecule has 10 heavy (non-hydrogen) atoms. The number of rotatable bonds is 1. The summed E-state index contributed by atoms with van der Waals surface area (Å²) in [5.41, 5.74) is 2.37. The molecule has 3 N–H and O–H groups in total. The number of anilines is 1. The lowest BCUT2D eigenvalue weighted by atomic mass is 10.5. The average Bonchev–Trinajstić information content (AvgIpc) is 1.85. The second kappa shape index (κ2) is 2.81. The molecule has 0 saturated heterocycles. The molecule has 54 valence electrons. The van der Waals surface area contributed by atoms with Gasteiger partial charge in [-0.15, -0.1) is 0 Å². The maximum absolute atomic E-state index is 5.58. The molecule has 0 unspecified atom stereocenters. The van der Waals surface area contributed by atoms with E-state index in [1.807, 2.05) is 0 Å². The lowest BCUT2D eigenvalue weighted by Crippen LogP contribution is -2.09. The van der Waals surface area contributed by atoms with Crippen LogP contribution in [0.4, 0.5) is 5.82 Å². The van der Waals surface area contributed by atoms with Gasteiger partial charge in [-0.1, -0.05) is 11.6 Å². The minimum absolute atomic E-state index is 0.389. The molecule has 0 aliphatic rings. The Bertz CT molecular complexity index is 217. The molecule has 0 fully saturated rings. The summed E-state index contributed by atoms with van der Waals surface area (Å²) in [6, 6.07) is 1.55. The summed E-state index contributed by atoms with van der Waals surface area (Å²) in [5.74, 6) is 6.21. The van der Waals surface area contributed by atoms with Crippen molar-refractivity contribution in [1.29, 1.82) is 0 Å². The number of hydrazine groups is 1. The number of hydrogen-bond acceptors (Lipinski definition) is 4. The van der Waals surface area contributed by atoms with Crippen molar-refractivity contribution in [3.05, 3.63) is 17.0 Å². The Balaban J connectivity index is 3.06. The van der Waals surface area contributed by atoms with Crippen molar-refractivity contribution in [3.8, 4) is 0 Å². The van der Waals surface area contributed by atoms with Crippen LogP contribution in [0, 0.1) is 6.92 Å². The fraction of sp³-hybridized carbons (Fsp3) is 0.200. The first-order valence-corrected chi connectivity index (χ1v) is 3.08. The standard InChI is InChI=1S/C5H7ClN4/c1-3-8-4(6)2-5(9-3)10-7/h2H,7H2,1H3,(H,8,9,10). The second-order valence-corrected chi connectivity index (χ2v) is 2.15. The highest BCUT2D eigenvalue weighted by molar-refractivity contribution is 6.29. The van der Waals surface area contributed by atoms with E-state index >= 15 is 0 Å². The zero-order valence-corrected chi connectivity index (χ0v) is 6.18. The van der Waals surface area contributed by atoms with Crippen molar-refractivity contribution < 1.29 is 0 Å². The molecular weight excluding hydrogens is 152 g/mol. The number of aromatic nitrogens is 2. The average molecular weight is 159 g/mol. The van der Waals surface area contributed by atoms with Gasteiger partial charge in [0.1, 0.15) is 16.8 Å². The molecule has 0 aliphatic carbocycles. The van der Waals surface area contributed by atoms with Gasteiger partial charge in [-0.05, 0) is 6.92 Å². The van der Waals surface area contributed by atoms with Crippen LogP contribution in [0.2, 0.25) is 5.15 Å². The molecule has 1 heterocycles. The van der Waals surface area contributed by atoms with Gasteiger partial charge in [0, 0.05) is 6.07 Å². The van der Waals surface area contributed by atoms with Gasteiger partial charge >= 0.3 is 0 Å².